The zero-order valence-electron chi connectivity index (χ0n) is 11.0. The van der Waals surface area contributed by atoms with Crippen molar-refractivity contribution in [2.24, 2.45) is 7.05 Å². The molecule has 0 aliphatic heterocycles. The molecule has 2 aromatic rings. The largest absolute Gasteiger partial charge is 0.477 e. The number of ether oxygens (including phenoxy) is 1. The van der Waals surface area contributed by atoms with Crippen LogP contribution in [-0.2, 0) is 13.5 Å². The summed E-state index contributed by atoms with van der Waals surface area (Å²) < 4.78 is 7.04. The fraction of sp³-hybridized carbons (Fsp3) is 0.286. The van der Waals surface area contributed by atoms with Gasteiger partial charge in [0.25, 0.3) is 0 Å². The van der Waals surface area contributed by atoms with Crippen molar-refractivity contribution in [1.82, 2.24) is 9.78 Å². The molecule has 1 heterocycles. The number of hydrogen-bond donors (Lipinski definition) is 1. The van der Waals surface area contributed by atoms with E-state index in [1.807, 2.05) is 30.3 Å². The van der Waals surface area contributed by atoms with Crippen molar-refractivity contribution < 1.29 is 14.6 Å². The van der Waals surface area contributed by atoms with Gasteiger partial charge in [0.05, 0.1) is 12.3 Å². The minimum Gasteiger partial charge on any atom is -0.477 e. The number of carboxylic acids is 1. The van der Waals surface area contributed by atoms with Gasteiger partial charge >= 0.3 is 5.97 Å². The van der Waals surface area contributed by atoms with Crippen LogP contribution >= 0.6 is 0 Å². The molecule has 1 aromatic heterocycles. The predicted molar refractivity (Wildman–Crippen MR) is 70.5 cm³/mol. The lowest BCUT2D eigenvalue weighted by atomic mass is 10.2. The van der Waals surface area contributed by atoms with Crippen LogP contribution in [0.1, 0.15) is 21.6 Å². The molecule has 2 rings (SSSR count). The Balaban J connectivity index is 2.06. The first-order valence-electron chi connectivity index (χ1n) is 6.03. The summed E-state index contributed by atoms with van der Waals surface area (Å²) >= 11 is 0. The van der Waals surface area contributed by atoms with Crippen LogP contribution < -0.4 is 4.74 Å². The summed E-state index contributed by atoms with van der Waals surface area (Å²) in [6.07, 6.45) is 0.726. The second kappa shape index (κ2) is 5.56. The number of hydrogen-bond acceptors (Lipinski definition) is 3. The van der Waals surface area contributed by atoms with Gasteiger partial charge in [-0.15, -0.1) is 0 Å². The van der Waals surface area contributed by atoms with Crippen LogP contribution in [0.15, 0.2) is 30.3 Å². The van der Waals surface area contributed by atoms with Gasteiger partial charge in [0.1, 0.15) is 5.56 Å². The number of rotatable bonds is 5. The van der Waals surface area contributed by atoms with Crippen LogP contribution in [0.5, 0.6) is 5.88 Å². The Hall–Kier alpha value is -2.30. The maximum atomic E-state index is 11.2. The van der Waals surface area contributed by atoms with Crippen molar-refractivity contribution >= 4 is 5.97 Å². The second-order valence-corrected chi connectivity index (χ2v) is 4.28. The lowest BCUT2D eigenvalue weighted by Crippen LogP contribution is -2.08. The molecule has 19 heavy (non-hydrogen) atoms. The Bertz CT molecular complexity index is 576. The normalized spacial score (nSPS) is 10.4. The molecule has 0 saturated carbocycles. The highest BCUT2D eigenvalue weighted by Gasteiger charge is 2.20. The number of aromatic carboxylic acids is 1. The van der Waals surface area contributed by atoms with E-state index >= 15 is 0 Å². The molecule has 0 saturated heterocycles. The predicted octanol–water partition coefficient (Wildman–Crippen LogP) is 2.05. The van der Waals surface area contributed by atoms with E-state index in [4.69, 9.17) is 9.84 Å². The quantitative estimate of drug-likeness (QED) is 0.893. The molecule has 0 aliphatic carbocycles. The topological polar surface area (TPSA) is 64.4 Å². The number of nitrogens with zero attached hydrogens (tertiary/aromatic N) is 2. The zero-order chi connectivity index (χ0) is 13.8. The first-order chi connectivity index (χ1) is 9.09. The third-order valence-electron chi connectivity index (χ3n) is 2.86. The van der Waals surface area contributed by atoms with E-state index in [2.05, 4.69) is 5.10 Å². The highest BCUT2D eigenvalue weighted by molar-refractivity contribution is 5.91. The third kappa shape index (κ3) is 2.93. The average Bonchev–Trinajstić information content (AvgIpc) is 2.65. The maximum Gasteiger partial charge on any atom is 0.343 e. The lowest BCUT2D eigenvalue weighted by molar-refractivity contribution is 0.0691. The first kappa shape index (κ1) is 13.1. The number of carboxylic acid groups (broad SMARTS) is 1. The second-order valence-electron chi connectivity index (χ2n) is 4.28. The highest BCUT2D eigenvalue weighted by Crippen LogP contribution is 2.21. The Labute approximate surface area is 111 Å². The van der Waals surface area contributed by atoms with Crippen molar-refractivity contribution in [3.8, 4) is 5.88 Å². The van der Waals surface area contributed by atoms with Gasteiger partial charge in [-0.25, -0.2) is 9.48 Å². The van der Waals surface area contributed by atoms with Gasteiger partial charge in [0, 0.05) is 13.5 Å². The molecule has 0 atom stereocenters. The van der Waals surface area contributed by atoms with E-state index in [0.717, 1.165) is 12.0 Å². The summed E-state index contributed by atoms with van der Waals surface area (Å²) in [7, 11) is 1.68. The van der Waals surface area contributed by atoms with Gasteiger partial charge in [0.2, 0.25) is 5.88 Å². The molecule has 0 fully saturated rings. The van der Waals surface area contributed by atoms with Crippen LogP contribution in [0.3, 0.4) is 0 Å². The zero-order valence-corrected chi connectivity index (χ0v) is 11.0. The Morgan fingerprint density at radius 3 is 2.68 bits per heavy atom. The summed E-state index contributed by atoms with van der Waals surface area (Å²) in [4.78, 5) is 11.2. The molecule has 1 aromatic carbocycles. The fourth-order valence-electron chi connectivity index (χ4n) is 1.96. The highest BCUT2D eigenvalue weighted by atomic mass is 16.5. The number of carbonyl (C=O) groups is 1. The molecule has 100 valence electrons. The molecule has 5 nitrogen and oxygen atoms in total. The average molecular weight is 260 g/mol. The summed E-state index contributed by atoms with van der Waals surface area (Å²) in [5.74, 6) is -0.707. The van der Waals surface area contributed by atoms with Crippen LogP contribution in [-0.4, -0.2) is 27.5 Å². The van der Waals surface area contributed by atoms with Gasteiger partial charge in [-0.2, -0.15) is 5.10 Å². The fourth-order valence-corrected chi connectivity index (χ4v) is 1.96. The summed E-state index contributed by atoms with van der Waals surface area (Å²) in [5.41, 5.74) is 1.75. The third-order valence-corrected chi connectivity index (χ3v) is 2.86. The monoisotopic (exact) mass is 260 g/mol. The molecule has 0 unspecified atom stereocenters. The van der Waals surface area contributed by atoms with E-state index in [9.17, 15) is 4.79 Å². The van der Waals surface area contributed by atoms with E-state index in [1.165, 1.54) is 4.68 Å². The van der Waals surface area contributed by atoms with Crippen LogP contribution in [0, 0.1) is 6.92 Å². The van der Waals surface area contributed by atoms with Crippen LogP contribution in [0.4, 0.5) is 0 Å². The minimum absolute atomic E-state index is 0.135. The number of aromatic nitrogens is 2. The van der Waals surface area contributed by atoms with E-state index < -0.39 is 5.97 Å². The lowest BCUT2D eigenvalue weighted by Gasteiger charge is -2.07. The SMILES string of the molecule is Cc1nn(C)c(OCCc2ccccc2)c1C(=O)O. The van der Waals surface area contributed by atoms with Gasteiger partial charge in [-0.1, -0.05) is 30.3 Å². The van der Waals surface area contributed by atoms with Gasteiger partial charge in [-0.05, 0) is 12.5 Å². The number of benzene rings is 1. The van der Waals surface area contributed by atoms with Crippen LogP contribution in [0.2, 0.25) is 0 Å². The van der Waals surface area contributed by atoms with Gasteiger partial charge < -0.3 is 9.84 Å². The molecule has 5 heteroatoms. The van der Waals surface area contributed by atoms with Crippen molar-refractivity contribution in [2.45, 2.75) is 13.3 Å². The van der Waals surface area contributed by atoms with Crippen molar-refractivity contribution in [2.75, 3.05) is 6.61 Å². The van der Waals surface area contributed by atoms with Gasteiger partial charge in [0.15, 0.2) is 0 Å². The summed E-state index contributed by atoms with van der Waals surface area (Å²) in [6, 6.07) is 9.90. The molecular formula is C14H16N2O3. The van der Waals surface area contributed by atoms with Crippen molar-refractivity contribution in [1.29, 1.82) is 0 Å². The number of aryl methyl sites for hydroxylation is 2. The van der Waals surface area contributed by atoms with Crippen molar-refractivity contribution in [3.05, 3.63) is 47.2 Å². The van der Waals surface area contributed by atoms with Crippen LogP contribution in [0.25, 0.3) is 0 Å². The molecule has 0 bridgehead atoms. The Kier molecular flexibility index (Phi) is 3.85. The van der Waals surface area contributed by atoms with E-state index in [0.29, 0.717) is 18.2 Å². The standard InChI is InChI=1S/C14H16N2O3/c1-10-12(14(17)18)13(16(2)15-10)19-9-8-11-6-4-3-5-7-11/h3-7H,8-9H2,1-2H3,(H,17,18). The summed E-state index contributed by atoms with van der Waals surface area (Å²) in [6.45, 7) is 2.08. The van der Waals surface area contributed by atoms with E-state index in [-0.39, 0.29) is 5.56 Å². The Morgan fingerprint density at radius 1 is 1.37 bits per heavy atom. The first-order valence-corrected chi connectivity index (χ1v) is 6.03. The summed E-state index contributed by atoms with van der Waals surface area (Å²) in [5, 5.41) is 13.2. The smallest absolute Gasteiger partial charge is 0.343 e. The molecule has 0 amide bonds. The van der Waals surface area contributed by atoms with Gasteiger partial charge in [-0.3, -0.25) is 0 Å². The maximum absolute atomic E-state index is 11.2. The van der Waals surface area contributed by atoms with Crippen molar-refractivity contribution in [3.63, 3.8) is 0 Å². The Morgan fingerprint density at radius 2 is 2.05 bits per heavy atom. The molecule has 0 radical (unpaired) electrons. The molecule has 1 N–H and O–H groups in total. The molecular weight excluding hydrogens is 244 g/mol. The molecule has 0 aliphatic rings. The van der Waals surface area contributed by atoms with E-state index in [1.54, 1.807) is 14.0 Å². The minimum atomic E-state index is -1.01. The molecule has 0 spiro atoms.